The highest BCUT2D eigenvalue weighted by Gasteiger charge is 2.10. The predicted octanol–water partition coefficient (Wildman–Crippen LogP) is 2.52. The van der Waals surface area contributed by atoms with Gasteiger partial charge >= 0.3 is 0 Å². The molecule has 0 fully saturated rings. The zero-order chi connectivity index (χ0) is 16.1. The molecule has 114 valence electrons. The van der Waals surface area contributed by atoms with Gasteiger partial charge in [-0.05, 0) is 42.0 Å². The van der Waals surface area contributed by atoms with E-state index < -0.39 is 5.91 Å². The van der Waals surface area contributed by atoms with Gasteiger partial charge in [0.2, 0.25) is 0 Å². The van der Waals surface area contributed by atoms with Crippen LogP contribution in [0.2, 0.25) is 5.02 Å². The van der Waals surface area contributed by atoms with E-state index in [2.05, 4.69) is 10.5 Å². The van der Waals surface area contributed by atoms with E-state index in [4.69, 9.17) is 16.3 Å². The van der Waals surface area contributed by atoms with Crippen molar-refractivity contribution in [2.45, 2.75) is 0 Å². The SMILES string of the molecule is COc1ccc(/C=N/NC(=O)c2cc(Cl)ccc2O)cc1O. The van der Waals surface area contributed by atoms with Crippen LogP contribution in [-0.4, -0.2) is 29.4 Å². The molecule has 1 amide bonds. The Morgan fingerprint density at radius 1 is 1.23 bits per heavy atom. The molecule has 2 aromatic rings. The third kappa shape index (κ3) is 3.67. The van der Waals surface area contributed by atoms with Gasteiger partial charge in [-0.3, -0.25) is 4.79 Å². The van der Waals surface area contributed by atoms with Crippen LogP contribution in [0.4, 0.5) is 0 Å². The van der Waals surface area contributed by atoms with Gasteiger partial charge < -0.3 is 14.9 Å². The Bertz CT molecular complexity index is 731. The summed E-state index contributed by atoms with van der Waals surface area (Å²) >= 11 is 5.77. The molecule has 0 aliphatic carbocycles. The zero-order valence-electron chi connectivity index (χ0n) is 11.6. The van der Waals surface area contributed by atoms with Crippen molar-refractivity contribution in [1.29, 1.82) is 0 Å². The third-order valence-corrected chi connectivity index (χ3v) is 3.02. The van der Waals surface area contributed by atoms with Crippen molar-refractivity contribution in [2.24, 2.45) is 5.10 Å². The predicted molar refractivity (Wildman–Crippen MR) is 82.8 cm³/mol. The maximum absolute atomic E-state index is 11.9. The fraction of sp³-hybridized carbons (Fsp3) is 0.0667. The summed E-state index contributed by atoms with van der Waals surface area (Å²) in [6, 6.07) is 8.79. The highest BCUT2D eigenvalue weighted by molar-refractivity contribution is 6.31. The number of methoxy groups -OCH3 is 1. The van der Waals surface area contributed by atoms with Gasteiger partial charge in [0.05, 0.1) is 18.9 Å². The molecule has 0 aliphatic rings. The van der Waals surface area contributed by atoms with Gasteiger partial charge in [0, 0.05) is 5.02 Å². The molecule has 0 aromatic heterocycles. The third-order valence-electron chi connectivity index (χ3n) is 2.79. The number of hydrazone groups is 1. The fourth-order valence-corrected chi connectivity index (χ4v) is 1.88. The Labute approximate surface area is 131 Å². The molecule has 3 N–H and O–H groups in total. The van der Waals surface area contributed by atoms with Crippen molar-refractivity contribution in [3.05, 3.63) is 52.5 Å². The number of phenols is 2. The monoisotopic (exact) mass is 320 g/mol. The van der Waals surface area contributed by atoms with Crippen LogP contribution in [0.15, 0.2) is 41.5 Å². The first-order chi connectivity index (χ1) is 10.5. The highest BCUT2D eigenvalue weighted by Crippen LogP contribution is 2.25. The lowest BCUT2D eigenvalue weighted by molar-refractivity contribution is 0.0952. The number of nitrogens with one attached hydrogen (secondary N) is 1. The number of phenolic OH excluding ortho intramolecular Hbond substituents is 2. The summed E-state index contributed by atoms with van der Waals surface area (Å²) in [5.74, 6) is -0.497. The van der Waals surface area contributed by atoms with Crippen molar-refractivity contribution < 1.29 is 19.7 Å². The van der Waals surface area contributed by atoms with Gasteiger partial charge in [-0.25, -0.2) is 5.43 Å². The number of carbonyl (C=O) groups excluding carboxylic acids is 1. The summed E-state index contributed by atoms with van der Waals surface area (Å²) in [5, 5.41) is 23.3. The number of nitrogens with zero attached hydrogens (tertiary/aromatic N) is 1. The molecule has 0 atom stereocenters. The van der Waals surface area contributed by atoms with E-state index in [-0.39, 0.29) is 17.1 Å². The Hall–Kier alpha value is -2.73. The first-order valence-electron chi connectivity index (χ1n) is 6.20. The molecule has 7 heteroatoms. The van der Waals surface area contributed by atoms with Crippen LogP contribution in [0.1, 0.15) is 15.9 Å². The molecule has 0 heterocycles. The van der Waals surface area contributed by atoms with Gasteiger partial charge in [-0.1, -0.05) is 11.6 Å². The number of amides is 1. The minimum absolute atomic E-state index is 0.0160. The summed E-state index contributed by atoms with van der Waals surface area (Å²) in [5.41, 5.74) is 2.84. The van der Waals surface area contributed by atoms with Gasteiger partial charge in [-0.2, -0.15) is 5.10 Å². The van der Waals surface area contributed by atoms with Crippen molar-refractivity contribution in [1.82, 2.24) is 5.43 Å². The Morgan fingerprint density at radius 2 is 2.00 bits per heavy atom. The second kappa shape index (κ2) is 6.82. The topological polar surface area (TPSA) is 91.2 Å². The average molecular weight is 321 g/mol. The smallest absolute Gasteiger partial charge is 0.275 e. The number of ether oxygens (including phenoxy) is 1. The standard InChI is InChI=1S/C15H13ClN2O4/c1-22-14-5-2-9(6-13(14)20)8-17-18-15(21)11-7-10(16)3-4-12(11)19/h2-8,19-20H,1H3,(H,18,21)/b17-8+. The van der Waals surface area contributed by atoms with Crippen molar-refractivity contribution in [3.8, 4) is 17.2 Å². The van der Waals surface area contributed by atoms with Crippen molar-refractivity contribution in [3.63, 3.8) is 0 Å². The number of hydrogen-bond donors (Lipinski definition) is 3. The molecule has 0 unspecified atom stereocenters. The second-order valence-electron chi connectivity index (χ2n) is 4.29. The maximum atomic E-state index is 11.9. The first kappa shape index (κ1) is 15.7. The van der Waals surface area contributed by atoms with Crippen LogP contribution in [0.3, 0.4) is 0 Å². The zero-order valence-corrected chi connectivity index (χ0v) is 12.3. The van der Waals surface area contributed by atoms with Crippen LogP contribution in [0.5, 0.6) is 17.2 Å². The van der Waals surface area contributed by atoms with E-state index in [1.807, 2.05) is 0 Å². The Kier molecular flexibility index (Phi) is 4.85. The van der Waals surface area contributed by atoms with Crippen molar-refractivity contribution >= 4 is 23.7 Å². The summed E-state index contributed by atoms with van der Waals surface area (Å²) in [6.45, 7) is 0. The number of carbonyl (C=O) groups is 1. The summed E-state index contributed by atoms with van der Waals surface area (Å²) in [7, 11) is 1.44. The van der Waals surface area contributed by atoms with Crippen molar-refractivity contribution in [2.75, 3.05) is 7.11 Å². The molecule has 0 aliphatic heterocycles. The summed E-state index contributed by atoms with van der Waals surface area (Å²) in [6.07, 6.45) is 1.35. The lowest BCUT2D eigenvalue weighted by Crippen LogP contribution is -2.17. The number of aromatic hydroxyl groups is 2. The normalized spacial score (nSPS) is 10.6. The molecule has 2 rings (SSSR count). The van der Waals surface area contributed by atoms with Gasteiger partial charge in [0.25, 0.3) is 5.91 Å². The number of rotatable bonds is 4. The second-order valence-corrected chi connectivity index (χ2v) is 4.73. The molecule has 2 aromatic carbocycles. The molecular weight excluding hydrogens is 308 g/mol. The van der Waals surface area contributed by atoms with Gasteiger partial charge in [-0.15, -0.1) is 0 Å². The molecule has 0 spiro atoms. The van der Waals surface area contributed by atoms with E-state index in [0.717, 1.165) is 0 Å². The van der Waals surface area contributed by atoms with Crippen LogP contribution in [0.25, 0.3) is 0 Å². The fourth-order valence-electron chi connectivity index (χ4n) is 1.70. The molecule has 22 heavy (non-hydrogen) atoms. The van der Waals surface area contributed by atoms with Gasteiger partial charge in [0.15, 0.2) is 11.5 Å². The van der Waals surface area contributed by atoms with Gasteiger partial charge in [0.1, 0.15) is 5.75 Å². The minimum atomic E-state index is -0.603. The maximum Gasteiger partial charge on any atom is 0.275 e. The van der Waals surface area contributed by atoms with Crippen LogP contribution >= 0.6 is 11.6 Å². The Morgan fingerprint density at radius 3 is 2.68 bits per heavy atom. The Balaban J connectivity index is 2.07. The average Bonchev–Trinajstić information content (AvgIpc) is 2.49. The van der Waals surface area contributed by atoms with Crippen LogP contribution in [0, 0.1) is 0 Å². The largest absolute Gasteiger partial charge is 0.507 e. The molecule has 0 saturated heterocycles. The summed E-state index contributed by atoms with van der Waals surface area (Å²) in [4.78, 5) is 11.9. The van der Waals surface area contributed by atoms with E-state index in [9.17, 15) is 15.0 Å². The molecule has 6 nitrogen and oxygen atoms in total. The number of hydrogen-bond acceptors (Lipinski definition) is 5. The first-order valence-corrected chi connectivity index (χ1v) is 6.58. The van der Waals surface area contributed by atoms with E-state index in [1.54, 1.807) is 12.1 Å². The van der Waals surface area contributed by atoms with E-state index >= 15 is 0 Å². The highest BCUT2D eigenvalue weighted by atomic mass is 35.5. The molecule has 0 radical (unpaired) electrons. The quantitative estimate of drug-likeness (QED) is 0.596. The summed E-state index contributed by atoms with van der Waals surface area (Å²) < 4.78 is 4.92. The van der Waals surface area contributed by atoms with Crippen LogP contribution < -0.4 is 10.2 Å². The molecular formula is C15H13ClN2O4. The van der Waals surface area contributed by atoms with Crippen LogP contribution in [-0.2, 0) is 0 Å². The lowest BCUT2D eigenvalue weighted by atomic mass is 10.2. The molecule has 0 saturated carbocycles. The number of halogens is 1. The van der Waals surface area contributed by atoms with E-state index in [1.165, 1.54) is 37.6 Å². The minimum Gasteiger partial charge on any atom is -0.507 e. The van der Waals surface area contributed by atoms with E-state index in [0.29, 0.717) is 16.3 Å². The lowest BCUT2D eigenvalue weighted by Gasteiger charge is -2.04. The molecule has 0 bridgehead atoms. The number of benzene rings is 2.